The normalized spacial score (nSPS) is 10.8. The lowest BCUT2D eigenvalue weighted by molar-refractivity contribution is -0.116. The lowest BCUT2D eigenvalue weighted by atomic mass is 10.3. The van der Waals surface area contributed by atoms with Crippen LogP contribution in [0.4, 0.5) is 0 Å². The Morgan fingerprint density at radius 3 is 2.50 bits per heavy atom. The predicted octanol–water partition coefficient (Wildman–Crippen LogP) is 0.220. The molecule has 0 aliphatic heterocycles. The zero-order valence-electron chi connectivity index (χ0n) is 6.20. The van der Waals surface area contributed by atoms with Gasteiger partial charge in [-0.3, -0.25) is 9.59 Å². The van der Waals surface area contributed by atoms with E-state index in [1.54, 1.807) is 20.0 Å². The average molecular weight is 141 g/mol. The van der Waals surface area contributed by atoms with Crippen molar-refractivity contribution in [3.63, 3.8) is 0 Å². The van der Waals surface area contributed by atoms with Crippen LogP contribution in [0.2, 0.25) is 0 Å². The minimum atomic E-state index is 0.494. The number of hydrogen-bond acceptors (Lipinski definition) is 2. The van der Waals surface area contributed by atoms with E-state index in [0.29, 0.717) is 18.5 Å². The number of carbonyl (C=O) groups excluding carboxylic acids is 2. The number of aldehydes is 1. The largest absolute Gasteiger partial charge is 0.345 e. The van der Waals surface area contributed by atoms with Gasteiger partial charge in [0.15, 0.2) is 0 Å². The number of nitrogens with zero attached hydrogens (tertiary/aromatic N) is 1. The van der Waals surface area contributed by atoms with Crippen LogP contribution in [-0.4, -0.2) is 31.2 Å². The second kappa shape index (κ2) is 4.73. The van der Waals surface area contributed by atoms with Gasteiger partial charge in [0.1, 0.15) is 6.29 Å². The molecule has 0 spiro atoms. The summed E-state index contributed by atoms with van der Waals surface area (Å²) in [5.41, 5.74) is 0.647. The molecule has 0 heterocycles. The van der Waals surface area contributed by atoms with E-state index in [0.717, 1.165) is 6.29 Å². The van der Waals surface area contributed by atoms with E-state index in [2.05, 4.69) is 0 Å². The second-order valence-corrected chi connectivity index (χ2v) is 2.11. The van der Waals surface area contributed by atoms with Crippen molar-refractivity contribution in [1.82, 2.24) is 4.90 Å². The van der Waals surface area contributed by atoms with Crippen molar-refractivity contribution in [3.8, 4) is 0 Å². The molecular weight excluding hydrogens is 130 g/mol. The summed E-state index contributed by atoms with van der Waals surface area (Å²) in [5, 5.41) is 0. The zero-order valence-corrected chi connectivity index (χ0v) is 6.20. The van der Waals surface area contributed by atoms with Crippen LogP contribution in [0.1, 0.15) is 6.92 Å². The molecule has 0 saturated carbocycles. The van der Waals surface area contributed by atoms with Crippen LogP contribution in [0, 0.1) is 0 Å². The van der Waals surface area contributed by atoms with Crippen molar-refractivity contribution in [2.24, 2.45) is 0 Å². The van der Waals surface area contributed by atoms with Gasteiger partial charge in [-0.15, -0.1) is 0 Å². The Morgan fingerprint density at radius 2 is 2.10 bits per heavy atom. The van der Waals surface area contributed by atoms with Gasteiger partial charge in [-0.05, 0) is 12.5 Å². The molecule has 3 nitrogen and oxygen atoms in total. The lowest BCUT2D eigenvalue weighted by Gasteiger charge is -2.04. The zero-order chi connectivity index (χ0) is 7.98. The Hall–Kier alpha value is -1.12. The molecule has 10 heavy (non-hydrogen) atoms. The maximum atomic E-state index is 10.0. The molecule has 0 aromatic carbocycles. The van der Waals surface area contributed by atoms with Crippen molar-refractivity contribution in [1.29, 1.82) is 0 Å². The molecule has 0 atom stereocenters. The van der Waals surface area contributed by atoms with Gasteiger partial charge >= 0.3 is 0 Å². The van der Waals surface area contributed by atoms with Gasteiger partial charge < -0.3 is 4.90 Å². The molecule has 0 saturated heterocycles. The minimum absolute atomic E-state index is 0.494. The monoisotopic (exact) mass is 141 g/mol. The van der Waals surface area contributed by atoms with Crippen LogP contribution < -0.4 is 0 Å². The average Bonchev–Trinajstić information content (AvgIpc) is 1.99. The molecule has 0 radical (unpaired) electrons. The number of likely N-dealkylation sites (N-methyl/N-ethyl adjacent to an activating group) is 1. The summed E-state index contributed by atoms with van der Waals surface area (Å²) in [5.74, 6) is 0. The van der Waals surface area contributed by atoms with Crippen LogP contribution in [0.25, 0.3) is 0 Å². The lowest BCUT2D eigenvalue weighted by Crippen LogP contribution is -2.15. The van der Waals surface area contributed by atoms with E-state index in [9.17, 15) is 9.59 Å². The smallest absolute Gasteiger partial charge is 0.209 e. The molecule has 0 aliphatic carbocycles. The molecule has 3 heteroatoms. The maximum Gasteiger partial charge on any atom is 0.209 e. The van der Waals surface area contributed by atoms with E-state index in [4.69, 9.17) is 0 Å². The van der Waals surface area contributed by atoms with Gasteiger partial charge in [0.2, 0.25) is 6.41 Å². The van der Waals surface area contributed by atoms with Crippen LogP contribution in [0.5, 0.6) is 0 Å². The Kier molecular flexibility index (Phi) is 4.20. The summed E-state index contributed by atoms with van der Waals surface area (Å²) in [6.07, 6.45) is 3.18. The standard InChI is InChI=1S/C7H11NO2/c1-7(5-9)3-4-8(2)6-10/h3,5-6H,4H2,1-2H3/b7-3+. The number of rotatable bonds is 4. The number of amides is 1. The third kappa shape index (κ3) is 3.83. The highest BCUT2D eigenvalue weighted by Crippen LogP contribution is 1.86. The highest BCUT2D eigenvalue weighted by Gasteiger charge is 1.88. The van der Waals surface area contributed by atoms with E-state index in [1.807, 2.05) is 0 Å². The first-order valence-electron chi connectivity index (χ1n) is 2.98. The highest BCUT2D eigenvalue weighted by molar-refractivity contribution is 5.72. The Balaban J connectivity index is 3.70. The van der Waals surface area contributed by atoms with Crippen LogP contribution >= 0.6 is 0 Å². The maximum absolute atomic E-state index is 10.0. The van der Waals surface area contributed by atoms with Gasteiger partial charge in [0.25, 0.3) is 0 Å². The molecule has 1 amide bonds. The van der Waals surface area contributed by atoms with Crippen molar-refractivity contribution < 1.29 is 9.59 Å². The minimum Gasteiger partial charge on any atom is -0.345 e. The quantitative estimate of drug-likeness (QED) is 0.415. The molecule has 0 fully saturated rings. The topological polar surface area (TPSA) is 37.4 Å². The Labute approximate surface area is 60.3 Å². The van der Waals surface area contributed by atoms with E-state index in [1.165, 1.54) is 4.90 Å². The number of hydrogen-bond donors (Lipinski definition) is 0. The number of allylic oxidation sites excluding steroid dienone is 1. The van der Waals surface area contributed by atoms with Crippen molar-refractivity contribution in [2.75, 3.05) is 13.6 Å². The third-order valence-corrected chi connectivity index (χ3v) is 1.07. The fourth-order valence-electron chi connectivity index (χ4n) is 0.379. The van der Waals surface area contributed by atoms with E-state index in [-0.39, 0.29) is 0 Å². The molecular formula is C7H11NO2. The molecule has 0 aromatic rings. The van der Waals surface area contributed by atoms with E-state index >= 15 is 0 Å². The number of carbonyl (C=O) groups is 2. The van der Waals surface area contributed by atoms with Crippen molar-refractivity contribution in [2.45, 2.75) is 6.92 Å². The van der Waals surface area contributed by atoms with Crippen molar-refractivity contribution >= 4 is 12.7 Å². The second-order valence-electron chi connectivity index (χ2n) is 2.11. The molecule has 0 aliphatic rings. The first-order chi connectivity index (χ1) is 4.70. The fraction of sp³-hybridized carbons (Fsp3) is 0.429. The fourth-order valence-corrected chi connectivity index (χ4v) is 0.379. The summed E-state index contributed by atoms with van der Waals surface area (Å²) in [7, 11) is 1.65. The van der Waals surface area contributed by atoms with Gasteiger partial charge in [-0.2, -0.15) is 0 Å². The van der Waals surface area contributed by atoms with Gasteiger partial charge in [-0.1, -0.05) is 6.08 Å². The van der Waals surface area contributed by atoms with Gasteiger partial charge in [0, 0.05) is 13.6 Å². The van der Waals surface area contributed by atoms with Crippen LogP contribution in [0.3, 0.4) is 0 Å². The molecule has 0 aromatic heterocycles. The first kappa shape index (κ1) is 8.88. The predicted molar refractivity (Wildman–Crippen MR) is 38.5 cm³/mol. The molecule has 56 valence electrons. The SMILES string of the molecule is C/C(C=O)=C\CN(C)C=O. The Morgan fingerprint density at radius 1 is 1.50 bits per heavy atom. The molecule has 0 rings (SSSR count). The summed E-state index contributed by atoms with van der Waals surface area (Å²) in [6.45, 7) is 2.19. The Bertz CT molecular complexity index is 152. The van der Waals surface area contributed by atoms with Crippen LogP contribution in [-0.2, 0) is 9.59 Å². The van der Waals surface area contributed by atoms with Gasteiger partial charge in [0.05, 0.1) is 0 Å². The first-order valence-corrected chi connectivity index (χ1v) is 2.98. The molecule has 0 bridgehead atoms. The van der Waals surface area contributed by atoms with Crippen molar-refractivity contribution in [3.05, 3.63) is 11.6 Å². The summed E-state index contributed by atoms with van der Waals surface area (Å²) in [6, 6.07) is 0. The molecule has 0 N–H and O–H groups in total. The highest BCUT2D eigenvalue weighted by atomic mass is 16.1. The van der Waals surface area contributed by atoms with E-state index < -0.39 is 0 Å². The summed E-state index contributed by atoms with van der Waals surface area (Å²) >= 11 is 0. The van der Waals surface area contributed by atoms with Crippen LogP contribution in [0.15, 0.2) is 11.6 Å². The third-order valence-electron chi connectivity index (χ3n) is 1.07. The summed E-state index contributed by atoms with van der Waals surface area (Å²) in [4.78, 5) is 21.5. The molecule has 0 unspecified atom stereocenters. The van der Waals surface area contributed by atoms with Gasteiger partial charge in [-0.25, -0.2) is 0 Å². The summed E-state index contributed by atoms with van der Waals surface area (Å²) < 4.78 is 0.